The van der Waals surface area contributed by atoms with Crippen molar-refractivity contribution in [2.45, 2.75) is 38.6 Å². The maximum absolute atomic E-state index is 12.3. The van der Waals surface area contributed by atoms with Gasteiger partial charge in [0.1, 0.15) is 0 Å². The topological polar surface area (TPSA) is 109 Å². The number of pyridine rings is 1. The SMILES string of the molecule is CNc1ncc(C(=O)NCC2CCC([C@@H](NC(C)=O)c3ccccn3)CC2)cn1. The summed E-state index contributed by atoms with van der Waals surface area (Å²) < 4.78 is 0. The lowest BCUT2D eigenvalue weighted by atomic mass is 9.77. The zero-order chi connectivity index (χ0) is 20.6. The zero-order valence-corrected chi connectivity index (χ0v) is 16.9. The summed E-state index contributed by atoms with van der Waals surface area (Å²) in [4.78, 5) is 36.6. The number of hydrogen-bond donors (Lipinski definition) is 3. The summed E-state index contributed by atoms with van der Waals surface area (Å²) in [6.45, 7) is 2.18. The average Bonchev–Trinajstić information content (AvgIpc) is 2.77. The second kappa shape index (κ2) is 9.95. The molecule has 29 heavy (non-hydrogen) atoms. The van der Waals surface area contributed by atoms with E-state index in [1.807, 2.05) is 18.2 Å². The van der Waals surface area contributed by atoms with Crippen molar-refractivity contribution in [1.82, 2.24) is 25.6 Å². The molecule has 1 saturated carbocycles. The van der Waals surface area contributed by atoms with Crippen molar-refractivity contribution in [3.63, 3.8) is 0 Å². The van der Waals surface area contributed by atoms with Crippen LogP contribution in [0.15, 0.2) is 36.8 Å². The number of aromatic nitrogens is 3. The standard InChI is InChI=1S/C21H28N6O2/c1-14(28)27-19(18-5-3-4-10-23-18)16-8-6-15(7-9-16)11-24-20(29)17-12-25-21(22-2)26-13-17/h3-5,10,12-13,15-16,19H,6-9,11H2,1-2H3,(H,24,29)(H,27,28)(H,22,25,26)/t15?,16?,19-/m1/s1. The largest absolute Gasteiger partial charge is 0.357 e. The van der Waals surface area contributed by atoms with E-state index in [2.05, 4.69) is 30.9 Å². The Morgan fingerprint density at radius 2 is 1.83 bits per heavy atom. The summed E-state index contributed by atoms with van der Waals surface area (Å²) in [5.41, 5.74) is 1.36. The maximum atomic E-state index is 12.3. The number of carbonyl (C=O) groups excluding carboxylic acids is 2. The lowest BCUT2D eigenvalue weighted by Gasteiger charge is -2.34. The summed E-state index contributed by atoms with van der Waals surface area (Å²) in [5.74, 6) is 1.07. The van der Waals surface area contributed by atoms with Crippen LogP contribution in [-0.2, 0) is 4.79 Å². The molecule has 0 bridgehead atoms. The number of nitrogens with one attached hydrogen (secondary N) is 3. The lowest BCUT2D eigenvalue weighted by Crippen LogP contribution is -2.36. The van der Waals surface area contributed by atoms with E-state index < -0.39 is 0 Å². The molecule has 1 aliphatic carbocycles. The molecule has 0 spiro atoms. The summed E-state index contributed by atoms with van der Waals surface area (Å²) >= 11 is 0. The van der Waals surface area contributed by atoms with Crippen LogP contribution in [-0.4, -0.2) is 40.4 Å². The lowest BCUT2D eigenvalue weighted by molar-refractivity contribution is -0.120. The minimum Gasteiger partial charge on any atom is -0.357 e. The van der Waals surface area contributed by atoms with E-state index in [1.54, 1.807) is 20.2 Å². The molecule has 2 heterocycles. The van der Waals surface area contributed by atoms with Gasteiger partial charge in [-0.2, -0.15) is 0 Å². The first-order chi connectivity index (χ1) is 14.1. The van der Waals surface area contributed by atoms with Crippen LogP contribution >= 0.6 is 0 Å². The van der Waals surface area contributed by atoms with Crippen LogP contribution in [0.5, 0.6) is 0 Å². The number of rotatable bonds is 7. The normalized spacial score (nSPS) is 19.8. The minimum absolute atomic E-state index is 0.0402. The van der Waals surface area contributed by atoms with E-state index >= 15 is 0 Å². The van der Waals surface area contributed by atoms with Gasteiger partial charge in [-0.3, -0.25) is 14.6 Å². The van der Waals surface area contributed by atoms with Crippen molar-refractivity contribution in [2.24, 2.45) is 11.8 Å². The third kappa shape index (κ3) is 5.73. The van der Waals surface area contributed by atoms with Crippen LogP contribution in [0, 0.1) is 11.8 Å². The molecule has 0 aliphatic heterocycles. The van der Waals surface area contributed by atoms with Crippen LogP contribution in [0.2, 0.25) is 0 Å². The zero-order valence-electron chi connectivity index (χ0n) is 16.9. The molecule has 0 unspecified atom stereocenters. The van der Waals surface area contributed by atoms with Gasteiger partial charge in [-0.05, 0) is 49.7 Å². The van der Waals surface area contributed by atoms with Gasteiger partial charge in [0.05, 0.1) is 17.3 Å². The molecule has 3 rings (SSSR count). The Bertz CT molecular complexity index is 804. The van der Waals surface area contributed by atoms with E-state index in [4.69, 9.17) is 0 Å². The first-order valence-electron chi connectivity index (χ1n) is 10.0. The summed E-state index contributed by atoms with van der Waals surface area (Å²) in [6, 6.07) is 5.73. The Morgan fingerprint density at radius 3 is 2.41 bits per heavy atom. The van der Waals surface area contributed by atoms with Gasteiger partial charge in [0.25, 0.3) is 5.91 Å². The molecule has 154 valence electrons. The first kappa shape index (κ1) is 20.7. The van der Waals surface area contributed by atoms with E-state index in [-0.39, 0.29) is 17.9 Å². The Labute approximate surface area is 170 Å². The van der Waals surface area contributed by atoms with E-state index in [1.165, 1.54) is 12.4 Å². The highest BCUT2D eigenvalue weighted by molar-refractivity contribution is 5.93. The molecule has 8 heteroatoms. The fraction of sp³-hybridized carbons (Fsp3) is 0.476. The fourth-order valence-electron chi connectivity index (χ4n) is 3.85. The van der Waals surface area contributed by atoms with Crippen LogP contribution in [0.25, 0.3) is 0 Å². The van der Waals surface area contributed by atoms with Gasteiger partial charge >= 0.3 is 0 Å². The van der Waals surface area contributed by atoms with Gasteiger partial charge in [0.15, 0.2) is 0 Å². The minimum atomic E-state index is -0.153. The number of carbonyl (C=O) groups is 2. The monoisotopic (exact) mass is 396 g/mol. The van der Waals surface area contributed by atoms with Gasteiger partial charge in [-0.15, -0.1) is 0 Å². The van der Waals surface area contributed by atoms with Gasteiger partial charge in [0, 0.05) is 39.1 Å². The van der Waals surface area contributed by atoms with Crippen molar-refractivity contribution in [3.8, 4) is 0 Å². The number of anilines is 1. The third-order valence-corrected chi connectivity index (χ3v) is 5.42. The Balaban J connectivity index is 1.51. The molecular weight excluding hydrogens is 368 g/mol. The second-order valence-corrected chi connectivity index (χ2v) is 7.47. The first-order valence-corrected chi connectivity index (χ1v) is 10.0. The molecule has 2 aromatic heterocycles. The molecule has 1 atom stereocenters. The summed E-state index contributed by atoms with van der Waals surface area (Å²) in [7, 11) is 1.73. The molecule has 3 N–H and O–H groups in total. The molecule has 2 aromatic rings. The van der Waals surface area contributed by atoms with E-state index in [9.17, 15) is 9.59 Å². The predicted molar refractivity (Wildman–Crippen MR) is 110 cm³/mol. The van der Waals surface area contributed by atoms with Crippen LogP contribution < -0.4 is 16.0 Å². The Kier molecular flexibility index (Phi) is 7.10. The number of nitrogens with zero attached hydrogens (tertiary/aromatic N) is 3. The van der Waals surface area contributed by atoms with Gasteiger partial charge in [-0.1, -0.05) is 6.07 Å². The van der Waals surface area contributed by atoms with Gasteiger partial charge in [-0.25, -0.2) is 9.97 Å². The highest BCUT2D eigenvalue weighted by atomic mass is 16.2. The van der Waals surface area contributed by atoms with Crippen LogP contribution in [0.1, 0.15) is 54.7 Å². The van der Waals surface area contributed by atoms with Crippen molar-refractivity contribution in [2.75, 3.05) is 18.9 Å². The second-order valence-electron chi connectivity index (χ2n) is 7.47. The molecule has 8 nitrogen and oxygen atoms in total. The quantitative estimate of drug-likeness (QED) is 0.663. The van der Waals surface area contributed by atoms with E-state index in [0.717, 1.165) is 31.4 Å². The van der Waals surface area contributed by atoms with Gasteiger partial charge < -0.3 is 16.0 Å². The molecule has 0 aromatic carbocycles. The van der Waals surface area contributed by atoms with Crippen molar-refractivity contribution < 1.29 is 9.59 Å². The highest BCUT2D eigenvalue weighted by Crippen LogP contribution is 2.36. The fourth-order valence-corrected chi connectivity index (χ4v) is 3.85. The van der Waals surface area contributed by atoms with Crippen molar-refractivity contribution in [3.05, 3.63) is 48.0 Å². The summed E-state index contributed by atoms with van der Waals surface area (Å²) in [6.07, 6.45) is 8.79. The molecular formula is C21H28N6O2. The summed E-state index contributed by atoms with van der Waals surface area (Å²) in [5, 5.41) is 8.89. The number of amides is 2. The third-order valence-electron chi connectivity index (χ3n) is 5.42. The van der Waals surface area contributed by atoms with Crippen molar-refractivity contribution >= 4 is 17.8 Å². The molecule has 2 amide bonds. The molecule has 0 saturated heterocycles. The molecule has 1 aliphatic rings. The van der Waals surface area contributed by atoms with Gasteiger partial charge in [0.2, 0.25) is 11.9 Å². The molecule has 0 radical (unpaired) electrons. The highest BCUT2D eigenvalue weighted by Gasteiger charge is 2.30. The maximum Gasteiger partial charge on any atom is 0.254 e. The predicted octanol–water partition coefficient (Wildman–Crippen LogP) is 2.33. The van der Waals surface area contributed by atoms with Crippen LogP contribution in [0.4, 0.5) is 5.95 Å². The average molecular weight is 396 g/mol. The van der Waals surface area contributed by atoms with Crippen LogP contribution in [0.3, 0.4) is 0 Å². The van der Waals surface area contributed by atoms with E-state index in [0.29, 0.717) is 29.9 Å². The van der Waals surface area contributed by atoms with Crippen molar-refractivity contribution in [1.29, 1.82) is 0 Å². The Morgan fingerprint density at radius 1 is 1.10 bits per heavy atom. The Hall–Kier alpha value is -3.03. The molecule has 1 fully saturated rings. The smallest absolute Gasteiger partial charge is 0.254 e. The number of hydrogen-bond acceptors (Lipinski definition) is 6.